The Bertz CT molecular complexity index is 1030. The monoisotopic (exact) mass is 438 g/mol. The van der Waals surface area contributed by atoms with E-state index in [9.17, 15) is 15.0 Å². The van der Waals surface area contributed by atoms with Crippen molar-refractivity contribution in [3.8, 4) is 16.9 Å². The zero-order valence-corrected chi connectivity index (χ0v) is 21.9. The molecule has 2 aromatic rings. The van der Waals surface area contributed by atoms with Crippen molar-refractivity contribution in [1.29, 1.82) is 0 Å². The Morgan fingerprint density at radius 1 is 0.844 bits per heavy atom. The average molecular weight is 439 g/mol. The van der Waals surface area contributed by atoms with Gasteiger partial charge in [-0.05, 0) is 83.9 Å². The summed E-state index contributed by atoms with van der Waals surface area (Å²) in [5.41, 5.74) is 8.29. The first kappa shape index (κ1) is 26.0. The number of rotatable bonds is 5. The number of hydrogen-bond donors (Lipinski definition) is 2. The number of benzene rings is 2. The molecule has 0 amide bonds. The summed E-state index contributed by atoms with van der Waals surface area (Å²) in [7, 11) is 0. The van der Waals surface area contributed by atoms with E-state index in [2.05, 4.69) is 74.4 Å². The van der Waals surface area contributed by atoms with Crippen LogP contribution in [0.5, 0.6) is 5.75 Å². The van der Waals surface area contributed by atoms with Crippen molar-refractivity contribution in [3.05, 3.63) is 51.1 Å². The van der Waals surface area contributed by atoms with Crippen LogP contribution < -0.4 is 0 Å². The zero-order chi connectivity index (χ0) is 24.8. The largest absolute Gasteiger partial charge is 0.507 e. The molecule has 1 unspecified atom stereocenters. The molecule has 0 saturated heterocycles. The number of aryl methyl sites for hydroxylation is 2. The Morgan fingerprint density at radius 3 is 1.69 bits per heavy atom. The van der Waals surface area contributed by atoms with Crippen LogP contribution in [0.15, 0.2) is 12.1 Å². The third-order valence-electron chi connectivity index (χ3n) is 6.80. The fourth-order valence-corrected chi connectivity index (χ4v) is 4.70. The molecular weight excluding hydrogens is 396 g/mol. The molecule has 0 heterocycles. The molecule has 2 N–H and O–H groups in total. The molecule has 0 saturated carbocycles. The minimum Gasteiger partial charge on any atom is -0.507 e. The lowest BCUT2D eigenvalue weighted by Gasteiger charge is -2.32. The predicted molar refractivity (Wildman–Crippen MR) is 135 cm³/mol. The zero-order valence-electron chi connectivity index (χ0n) is 21.9. The number of phenolic OH excluding ortho intramolecular Hbond substituents is 1. The van der Waals surface area contributed by atoms with Crippen molar-refractivity contribution in [2.45, 2.75) is 106 Å². The summed E-state index contributed by atoms with van der Waals surface area (Å²) in [6.45, 7) is 23.0. The van der Waals surface area contributed by atoms with Crippen LogP contribution in [-0.2, 0) is 15.6 Å². The molecule has 176 valence electrons. The number of carboxylic acids is 1. The van der Waals surface area contributed by atoms with Crippen LogP contribution >= 0.6 is 0 Å². The van der Waals surface area contributed by atoms with E-state index < -0.39 is 11.9 Å². The molecule has 2 aromatic carbocycles. The maximum Gasteiger partial charge on any atom is 0.311 e. The van der Waals surface area contributed by atoms with Crippen LogP contribution in [0.4, 0.5) is 0 Å². The highest BCUT2D eigenvalue weighted by Gasteiger charge is 2.34. The standard InChI is InChI=1S/C29H42O3/c1-12-13-20(27(31)32)25-21(28(6,7)8)14-16(2)18(4)23(25)24-19(5)17(3)15-22(26(24)30)29(9,10)11/h14-15,20,30H,12-13H2,1-11H3,(H,31,32). The first-order chi connectivity index (χ1) is 14.5. The molecule has 0 aliphatic carbocycles. The van der Waals surface area contributed by atoms with Gasteiger partial charge in [0.25, 0.3) is 0 Å². The lowest BCUT2D eigenvalue weighted by molar-refractivity contribution is -0.139. The minimum absolute atomic E-state index is 0.232. The second-order valence-electron chi connectivity index (χ2n) is 11.4. The topological polar surface area (TPSA) is 57.5 Å². The lowest BCUT2D eigenvalue weighted by atomic mass is 9.72. The van der Waals surface area contributed by atoms with Gasteiger partial charge < -0.3 is 10.2 Å². The third-order valence-corrected chi connectivity index (χ3v) is 6.80. The van der Waals surface area contributed by atoms with Gasteiger partial charge in [0, 0.05) is 11.1 Å². The number of hydrogen-bond acceptors (Lipinski definition) is 2. The highest BCUT2D eigenvalue weighted by atomic mass is 16.4. The second-order valence-corrected chi connectivity index (χ2v) is 11.4. The maximum atomic E-state index is 12.5. The smallest absolute Gasteiger partial charge is 0.311 e. The molecule has 0 spiro atoms. The van der Waals surface area contributed by atoms with Crippen molar-refractivity contribution in [3.63, 3.8) is 0 Å². The van der Waals surface area contributed by atoms with Crippen LogP contribution in [0.1, 0.15) is 106 Å². The molecule has 1 atom stereocenters. The van der Waals surface area contributed by atoms with Crippen LogP contribution in [-0.4, -0.2) is 16.2 Å². The van der Waals surface area contributed by atoms with E-state index in [1.165, 1.54) is 0 Å². The molecule has 0 bridgehead atoms. The highest BCUT2D eigenvalue weighted by Crippen LogP contribution is 2.49. The van der Waals surface area contributed by atoms with Gasteiger partial charge in [0.05, 0.1) is 5.92 Å². The molecular formula is C29H42O3. The van der Waals surface area contributed by atoms with E-state index in [0.29, 0.717) is 6.42 Å². The molecule has 3 heteroatoms. The number of phenols is 1. The number of carboxylic acid groups (broad SMARTS) is 1. The van der Waals surface area contributed by atoms with Gasteiger partial charge in [-0.3, -0.25) is 4.79 Å². The summed E-state index contributed by atoms with van der Waals surface area (Å²) in [6, 6.07) is 4.23. The van der Waals surface area contributed by atoms with Crippen molar-refractivity contribution in [1.82, 2.24) is 0 Å². The Balaban J connectivity index is 3.21. The third kappa shape index (κ3) is 4.72. The van der Waals surface area contributed by atoms with Crippen LogP contribution in [0.25, 0.3) is 11.1 Å². The molecule has 32 heavy (non-hydrogen) atoms. The SMILES string of the molecule is CCCC(C(=O)O)c1c(C(C)(C)C)cc(C)c(C)c1-c1c(C)c(C)cc(C(C)(C)C)c1O. The maximum absolute atomic E-state index is 12.5. The first-order valence-electron chi connectivity index (χ1n) is 11.7. The van der Waals surface area contributed by atoms with Crippen molar-refractivity contribution in [2.24, 2.45) is 0 Å². The summed E-state index contributed by atoms with van der Waals surface area (Å²) in [5.74, 6) is -1.15. The van der Waals surface area contributed by atoms with Gasteiger partial charge in [-0.2, -0.15) is 0 Å². The highest BCUT2D eigenvalue weighted by molar-refractivity contribution is 5.88. The normalized spacial score (nSPS) is 13.3. The van der Waals surface area contributed by atoms with Crippen LogP contribution in [0, 0.1) is 27.7 Å². The van der Waals surface area contributed by atoms with Crippen molar-refractivity contribution >= 4 is 5.97 Å². The molecule has 0 fully saturated rings. The summed E-state index contributed by atoms with van der Waals surface area (Å²) in [4.78, 5) is 12.5. The Morgan fingerprint density at radius 2 is 1.28 bits per heavy atom. The van der Waals surface area contributed by atoms with Crippen LogP contribution in [0.3, 0.4) is 0 Å². The van der Waals surface area contributed by atoms with E-state index in [4.69, 9.17) is 0 Å². The van der Waals surface area contributed by atoms with E-state index in [0.717, 1.165) is 56.5 Å². The molecule has 0 aliphatic heterocycles. The Kier molecular flexibility index (Phi) is 7.24. The lowest BCUT2D eigenvalue weighted by Crippen LogP contribution is -2.23. The molecule has 0 aromatic heterocycles. The van der Waals surface area contributed by atoms with Gasteiger partial charge in [-0.15, -0.1) is 0 Å². The van der Waals surface area contributed by atoms with Crippen molar-refractivity contribution in [2.75, 3.05) is 0 Å². The average Bonchev–Trinajstić information content (AvgIpc) is 2.64. The summed E-state index contributed by atoms with van der Waals surface area (Å²) < 4.78 is 0. The molecule has 3 nitrogen and oxygen atoms in total. The van der Waals surface area contributed by atoms with Crippen LogP contribution in [0.2, 0.25) is 0 Å². The minimum atomic E-state index is -0.803. The van der Waals surface area contributed by atoms with Gasteiger partial charge in [-0.25, -0.2) is 0 Å². The van der Waals surface area contributed by atoms with E-state index in [1.807, 2.05) is 13.8 Å². The molecule has 2 rings (SSSR count). The van der Waals surface area contributed by atoms with Gasteiger partial charge in [0.1, 0.15) is 5.75 Å². The molecule has 0 radical (unpaired) electrons. The Labute approximate surface area is 194 Å². The first-order valence-corrected chi connectivity index (χ1v) is 11.7. The summed E-state index contributed by atoms with van der Waals surface area (Å²) in [6.07, 6.45) is 1.34. The summed E-state index contributed by atoms with van der Waals surface area (Å²) in [5, 5.41) is 21.9. The number of carbonyl (C=O) groups is 1. The van der Waals surface area contributed by atoms with Gasteiger partial charge in [0.15, 0.2) is 0 Å². The number of aliphatic carboxylic acids is 1. The van der Waals surface area contributed by atoms with Gasteiger partial charge in [0.2, 0.25) is 0 Å². The van der Waals surface area contributed by atoms with E-state index in [-0.39, 0.29) is 16.6 Å². The fourth-order valence-electron chi connectivity index (χ4n) is 4.70. The number of aromatic hydroxyl groups is 1. The van der Waals surface area contributed by atoms with Gasteiger partial charge >= 0.3 is 5.97 Å². The predicted octanol–water partition coefficient (Wildman–Crippen LogP) is 7.86. The quantitative estimate of drug-likeness (QED) is 0.499. The van der Waals surface area contributed by atoms with E-state index in [1.54, 1.807) is 0 Å². The molecule has 0 aliphatic rings. The van der Waals surface area contributed by atoms with E-state index >= 15 is 0 Å². The van der Waals surface area contributed by atoms with Gasteiger partial charge in [-0.1, -0.05) is 67.0 Å². The second kappa shape index (κ2) is 8.92. The van der Waals surface area contributed by atoms with Crippen molar-refractivity contribution < 1.29 is 15.0 Å². The fraction of sp³-hybridized carbons (Fsp3) is 0.552. The Hall–Kier alpha value is -2.29. The summed E-state index contributed by atoms with van der Waals surface area (Å²) >= 11 is 0.